The summed E-state index contributed by atoms with van der Waals surface area (Å²) in [6.45, 7) is 5.95. The highest BCUT2D eigenvalue weighted by atomic mass is 32.1. The molecule has 2 rings (SSSR count). The van der Waals surface area contributed by atoms with Crippen LogP contribution in [0.5, 0.6) is 0 Å². The molecule has 16 heavy (non-hydrogen) atoms. The summed E-state index contributed by atoms with van der Waals surface area (Å²) < 4.78 is 0. The predicted molar refractivity (Wildman–Crippen MR) is 68.6 cm³/mol. The number of thiophene rings is 1. The molecule has 3 nitrogen and oxygen atoms in total. The van der Waals surface area contributed by atoms with Crippen LogP contribution < -0.4 is 5.32 Å². The zero-order chi connectivity index (χ0) is 11.7. The summed E-state index contributed by atoms with van der Waals surface area (Å²) in [5, 5.41) is 5.36. The predicted octanol–water partition coefficient (Wildman–Crippen LogP) is 3.38. The smallest absolute Gasteiger partial charge is 0.258 e. The fraction of sp³-hybridized carbons (Fsp3) is 0.273. The molecule has 2 heterocycles. The first-order chi connectivity index (χ1) is 7.58. The third kappa shape index (κ3) is 2.15. The Labute approximate surface area is 102 Å². The van der Waals surface area contributed by atoms with Crippen LogP contribution in [0.3, 0.4) is 0 Å². The lowest BCUT2D eigenvalue weighted by atomic mass is 10.2. The first-order valence-electron chi connectivity index (χ1n) is 4.86. The number of carbonyl (C=O) groups excluding carboxylic acids is 1. The number of nitrogens with zero attached hydrogens (tertiary/aromatic N) is 1. The monoisotopic (exact) mass is 252 g/mol. The molecule has 0 aromatic carbocycles. The molecule has 2 aromatic heterocycles. The van der Waals surface area contributed by atoms with Gasteiger partial charge in [-0.25, -0.2) is 4.98 Å². The van der Waals surface area contributed by atoms with E-state index in [2.05, 4.69) is 10.3 Å². The first-order valence-corrected chi connectivity index (χ1v) is 6.56. The van der Waals surface area contributed by atoms with Crippen LogP contribution in [-0.4, -0.2) is 10.9 Å². The van der Waals surface area contributed by atoms with Gasteiger partial charge < -0.3 is 0 Å². The quantitative estimate of drug-likeness (QED) is 0.890. The molecule has 0 radical (unpaired) electrons. The van der Waals surface area contributed by atoms with Crippen LogP contribution in [0.25, 0.3) is 0 Å². The summed E-state index contributed by atoms with van der Waals surface area (Å²) in [6.07, 6.45) is 1.76. The largest absolute Gasteiger partial charge is 0.298 e. The topological polar surface area (TPSA) is 42.0 Å². The van der Waals surface area contributed by atoms with Gasteiger partial charge in [-0.1, -0.05) is 0 Å². The van der Waals surface area contributed by atoms with E-state index in [0.717, 1.165) is 16.0 Å². The van der Waals surface area contributed by atoms with E-state index < -0.39 is 0 Å². The number of aromatic nitrogens is 1. The normalized spacial score (nSPS) is 10.4. The highest BCUT2D eigenvalue weighted by Crippen LogP contribution is 2.23. The van der Waals surface area contributed by atoms with Gasteiger partial charge in [-0.05, 0) is 26.3 Å². The Morgan fingerprint density at radius 1 is 1.38 bits per heavy atom. The number of carbonyl (C=O) groups is 1. The van der Waals surface area contributed by atoms with Gasteiger partial charge in [0.1, 0.15) is 0 Å². The summed E-state index contributed by atoms with van der Waals surface area (Å²) in [6, 6.07) is 0. The number of rotatable bonds is 2. The van der Waals surface area contributed by atoms with Crippen molar-refractivity contribution in [2.45, 2.75) is 20.8 Å². The van der Waals surface area contributed by atoms with Gasteiger partial charge in [-0.3, -0.25) is 10.1 Å². The van der Waals surface area contributed by atoms with Crippen LogP contribution in [0.15, 0.2) is 11.6 Å². The number of thiazole rings is 1. The lowest BCUT2D eigenvalue weighted by Crippen LogP contribution is -2.11. The van der Waals surface area contributed by atoms with E-state index >= 15 is 0 Å². The maximum absolute atomic E-state index is 11.9. The van der Waals surface area contributed by atoms with Crippen molar-refractivity contribution in [3.05, 3.63) is 32.5 Å². The van der Waals surface area contributed by atoms with Gasteiger partial charge in [0.25, 0.3) is 5.91 Å². The van der Waals surface area contributed by atoms with Gasteiger partial charge >= 0.3 is 0 Å². The highest BCUT2D eigenvalue weighted by Gasteiger charge is 2.13. The van der Waals surface area contributed by atoms with Crippen molar-refractivity contribution in [1.82, 2.24) is 4.98 Å². The molecule has 0 atom stereocenters. The molecule has 0 unspecified atom stereocenters. The molecule has 0 aliphatic rings. The number of amides is 1. The standard InChI is InChI=1S/C11H12N2OS2/c1-6-4-12-11(16-6)13-10(14)9-5-15-8(3)7(9)2/h4-5H,1-3H3,(H,12,13,14). The summed E-state index contributed by atoms with van der Waals surface area (Å²) in [7, 11) is 0. The van der Waals surface area contributed by atoms with Crippen LogP contribution in [0.2, 0.25) is 0 Å². The maximum Gasteiger partial charge on any atom is 0.258 e. The van der Waals surface area contributed by atoms with Crippen molar-refractivity contribution in [3.63, 3.8) is 0 Å². The Morgan fingerprint density at radius 3 is 2.62 bits per heavy atom. The van der Waals surface area contributed by atoms with Crippen molar-refractivity contribution >= 4 is 33.7 Å². The van der Waals surface area contributed by atoms with E-state index in [0.29, 0.717) is 5.13 Å². The zero-order valence-corrected chi connectivity index (χ0v) is 11.0. The number of nitrogens with one attached hydrogen (secondary N) is 1. The van der Waals surface area contributed by atoms with E-state index in [1.807, 2.05) is 26.2 Å². The van der Waals surface area contributed by atoms with Gasteiger partial charge in [0.05, 0.1) is 5.56 Å². The van der Waals surface area contributed by atoms with E-state index in [1.165, 1.54) is 16.2 Å². The van der Waals surface area contributed by atoms with E-state index in [9.17, 15) is 4.79 Å². The van der Waals surface area contributed by atoms with Crippen molar-refractivity contribution in [3.8, 4) is 0 Å². The van der Waals surface area contributed by atoms with Gasteiger partial charge in [0, 0.05) is 21.3 Å². The van der Waals surface area contributed by atoms with E-state index in [-0.39, 0.29) is 5.91 Å². The molecule has 0 fully saturated rings. The summed E-state index contributed by atoms with van der Waals surface area (Å²) in [4.78, 5) is 18.3. The summed E-state index contributed by atoms with van der Waals surface area (Å²) >= 11 is 3.08. The lowest BCUT2D eigenvalue weighted by molar-refractivity contribution is 0.102. The van der Waals surface area contributed by atoms with Crippen LogP contribution in [0.1, 0.15) is 25.7 Å². The Balaban J connectivity index is 2.18. The first kappa shape index (κ1) is 11.3. The molecule has 84 valence electrons. The number of anilines is 1. The van der Waals surface area contributed by atoms with Gasteiger partial charge in [0.2, 0.25) is 0 Å². The number of hydrogen-bond donors (Lipinski definition) is 1. The number of aryl methyl sites for hydroxylation is 2. The Bertz CT molecular complexity index is 528. The molecule has 0 spiro atoms. The molecule has 5 heteroatoms. The van der Waals surface area contributed by atoms with Gasteiger partial charge in [-0.2, -0.15) is 0 Å². The van der Waals surface area contributed by atoms with Gasteiger partial charge in [0.15, 0.2) is 5.13 Å². The van der Waals surface area contributed by atoms with Crippen LogP contribution >= 0.6 is 22.7 Å². The SMILES string of the molecule is Cc1cnc(NC(=O)c2csc(C)c2C)s1. The lowest BCUT2D eigenvalue weighted by Gasteiger charge is -2.00. The molecule has 0 saturated heterocycles. The molecule has 0 saturated carbocycles. The molecular formula is C11H12N2OS2. The van der Waals surface area contributed by atoms with Crippen LogP contribution in [0, 0.1) is 20.8 Å². The molecule has 2 aromatic rings. The summed E-state index contributed by atoms with van der Waals surface area (Å²) in [5.74, 6) is -0.0730. The minimum Gasteiger partial charge on any atom is -0.298 e. The minimum atomic E-state index is -0.0730. The minimum absolute atomic E-state index is 0.0730. The molecule has 0 aliphatic carbocycles. The Kier molecular flexibility index (Phi) is 3.07. The molecule has 0 aliphatic heterocycles. The van der Waals surface area contributed by atoms with Crippen molar-refractivity contribution in [1.29, 1.82) is 0 Å². The molecule has 0 bridgehead atoms. The molecular weight excluding hydrogens is 240 g/mol. The number of hydrogen-bond acceptors (Lipinski definition) is 4. The fourth-order valence-electron chi connectivity index (χ4n) is 1.31. The zero-order valence-electron chi connectivity index (χ0n) is 9.33. The van der Waals surface area contributed by atoms with E-state index in [4.69, 9.17) is 0 Å². The Morgan fingerprint density at radius 2 is 2.12 bits per heavy atom. The van der Waals surface area contributed by atoms with Crippen molar-refractivity contribution < 1.29 is 4.79 Å². The van der Waals surface area contributed by atoms with E-state index in [1.54, 1.807) is 17.5 Å². The molecule has 1 N–H and O–H groups in total. The Hall–Kier alpha value is -1.20. The summed E-state index contributed by atoms with van der Waals surface area (Å²) in [5.41, 5.74) is 1.80. The van der Waals surface area contributed by atoms with Crippen LogP contribution in [0.4, 0.5) is 5.13 Å². The highest BCUT2D eigenvalue weighted by molar-refractivity contribution is 7.15. The average Bonchev–Trinajstić information content (AvgIpc) is 2.76. The third-order valence-corrected chi connectivity index (χ3v) is 4.21. The average molecular weight is 252 g/mol. The van der Waals surface area contributed by atoms with Gasteiger partial charge in [-0.15, -0.1) is 22.7 Å². The molecule has 1 amide bonds. The second-order valence-corrected chi connectivity index (χ2v) is 5.88. The van der Waals surface area contributed by atoms with Crippen molar-refractivity contribution in [2.24, 2.45) is 0 Å². The second-order valence-electron chi connectivity index (χ2n) is 3.56. The van der Waals surface area contributed by atoms with Crippen LogP contribution in [-0.2, 0) is 0 Å². The fourth-order valence-corrected chi connectivity index (χ4v) is 2.84. The third-order valence-electron chi connectivity index (χ3n) is 2.37. The van der Waals surface area contributed by atoms with Crippen molar-refractivity contribution in [2.75, 3.05) is 5.32 Å². The second kappa shape index (κ2) is 4.35. The maximum atomic E-state index is 11.9.